The van der Waals surface area contributed by atoms with Crippen molar-refractivity contribution in [2.24, 2.45) is 9.98 Å². The van der Waals surface area contributed by atoms with Crippen molar-refractivity contribution in [3.63, 3.8) is 0 Å². The minimum absolute atomic E-state index is 0.445. The summed E-state index contributed by atoms with van der Waals surface area (Å²) in [5.74, 6) is 1.39. The molecular weight excluding hydrogens is 743 g/mol. The Hall–Kier alpha value is -7.54. The number of hydrogen-bond donors (Lipinski definition) is 1. The van der Waals surface area contributed by atoms with Crippen LogP contribution in [0.15, 0.2) is 195 Å². The Bertz CT molecular complexity index is 3790. The van der Waals surface area contributed by atoms with Crippen LogP contribution in [0, 0.1) is 0 Å². The average Bonchev–Trinajstić information content (AvgIpc) is 3.99. The fraction of sp³-hybridized carbons (Fsp3) is 0.0189. The van der Waals surface area contributed by atoms with Gasteiger partial charge in [-0.05, 0) is 92.8 Å². The lowest BCUT2D eigenvalue weighted by Gasteiger charge is -2.24. The monoisotopic (exact) mass is 773 g/mol. The summed E-state index contributed by atoms with van der Waals surface area (Å²) in [6.07, 6.45) is -0.445. The fourth-order valence-corrected chi connectivity index (χ4v) is 10.3. The van der Waals surface area contributed by atoms with Crippen molar-refractivity contribution >= 4 is 109 Å². The normalized spacial score (nSPS) is 14.6. The number of nitrogens with zero attached hydrogens (tertiary/aromatic N) is 2. The topological polar surface area (TPSA) is 63.0 Å². The van der Waals surface area contributed by atoms with E-state index in [4.69, 9.17) is 18.8 Å². The molecule has 59 heavy (non-hydrogen) atoms. The molecule has 0 spiro atoms. The third kappa shape index (κ3) is 5.03. The molecule has 5 nitrogen and oxygen atoms in total. The zero-order valence-electron chi connectivity index (χ0n) is 31.4. The molecule has 1 N–H and O–H groups in total. The highest BCUT2D eigenvalue weighted by Gasteiger charge is 2.26. The van der Waals surface area contributed by atoms with Crippen molar-refractivity contribution < 1.29 is 8.83 Å². The van der Waals surface area contributed by atoms with Gasteiger partial charge in [-0.3, -0.25) is 0 Å². The third-order valence-corrected chi connectivity index (χ3v) is 13.0. The zero-order valence-corrected chi connectivity index (χ0v) is 32.3. The number of thiophene rings is 1. The molecule has 0 bridgehead atoms. The van der Waals surface area contributed by atoms with E-state index in [1.54, 1.807) is 0 Å². The summed E-state index contributed by atoms with van der Waals surface area (Å²) in [6.45, 7) is 0. The van der Waals surface area contributed by atoms with Gasteiger partial charge in [0.25, 0.3) is 0 Å². The van der Waals surface area contributed by atoms with Crippen LogP contribution in [0.25, 0.3) is 96.7 Å². The highest BCUT2D eigenvalue weighted by molar-refractivity contribution is 7.25. The molecule has 13 rings (SSSR count). The van der Waals surface area contributed by atoms with Crippen LogP contribution >= 0.6 is 11.3 Å². The maximum atomic E-state index is 6.69. The second kappa shape index (κ2) is 12.5. The molecule has 0 radical (unpaired) electrons. The van der Waals surface area contributed by atoms with Gasteiger partial charge in [0.1, 0.15) is 34.3 Å². The van der Waals surface area contributed by atoms with E-state index in [9.17, 15) is 0 Å². The molecule has 1 aliphatic rings. The number of rotatable bonds is 4. The van der Waals surface area contributed by atoms with Gasteiger partial charge in [-0.2, -0.15) is 0 Å². The predicted molar refractivity (Wildman–Crippen MR) is 246 cm³/mol. The molecule has 1 atom stereocenters. The van der Waals surface area contributed by atoms with E-state index in [0.717, 1.165) is 77.5 Å². The SMILES string of the molecule is c1ccc2c(c1)ccc1ccc(C3=NC(c4cc(-c5cccc6sc7ccccc7c56)cc5oc6ccccc6c45)=NC(c4ccc5oc6ccccc6c5c4)N3)cc12. The minimum atomic E-state index is -0.445. The molecule has 0 saturated heterocycles. The first kappa shape index (κ1) is 32.5. The molecule has 6 heteroatoms. The lowest BCUT2D eigenvalue weighted by Crippen LogP contribution is -2.33. The Morgan fingerprint density at radius 1 is 0.441 bits per heavy atom. The zero-order chi connectivity index (χ0) is 38.6. The van der Waals surface area contributed by atoms with Gasteiger partial charge in [-0.25, -0.2) is 9.98 Å². The summed E-state index contributed by atoms with van der Waals surface area (Å²) in [5, 5.41) is 15.2. The van der Waals surface area contributed by atoms with Crippen molar-refractivity contribution in [3.05, 3.63) is 193 Å². The Kier molecular flexibility index (Phi) is 6.88. The van der Waals surface area contributed by atoms with E-state index in [0.29, 0.717) is 5.84 Å². The van der Waals surface area contributed by atoms with Gasteiger partial charge >= 0.3 is 0 Å². The summed E-state index contributed by atoms with van der Waals surface area (Å²) < 4.78 is 15.5. The second-order valence-electron chi connectivity index (χ2n) is 15.3. The highest BCUT2D eigenvalue weighted by Crippen LogP contribution is 2.43. The highest BCUT2D eigenvalue weighted by atomic mass is 32.1. The Morgan fingerprint density at radius 3 is 2.03 bits per heavy atom. The van der Waals surface area contributed by atoms with E-state index < -0.39 is 6.17 Å². The van der Waals surface area contributed by atoms with Gasteiger partial charge < -0.3 is 14.2 Å². The lowest BCUT2D eigenvalue weighted by atomic mass is 9.95. The number of nitrogens with one attached hydrogen (secondary N) is 1. The Labute approximate surface area is 341 Å². The number of furan rings is 2. The van der Waals surface area contributed by atoms with E-state index in [1.165, 1.54) is 41.7 Å². The lowest BCUT2D eigenvalue weighted by molar-refractivity contribution is 0.663. The van der Waals surface area contributed by atoms with Crippen LogP contribution in [0.4, 0.5) is 0 Å². The standard InChI is InChI=1S/C53H31N3O2S/c1-2-11-35-30(10-1)20-21-31-22-23-32(26-40(31)35)51-54-52(33-24-25-45-41(27-33)37-12-3-6-16-43(37)57-45)56-53(55-51)42-28-34(29-46-49(42)38-13-4-7-17-44(38)58-46)36-15-9-19-48-50(36)39-14-5-8-18-47(39)59-48/h1-29,52H,(H,54,55,56). The first-order valence-electron chi connectivity index (χ1n) is 19.8. The molecule has 12 aromatic rings. The molecular formula is C53H31N3O2S. The Balaban J connectivity index is 1.07. The molecule has 3 aromatic heterocycles. The van der Waals surface area contributed by atoms with Crippen molar-refractivity contribution in [2.75, 3.05) is 0 Å². The van der Waals surface area contributed by atoms with E-state index in [-0.39, 0.29) is 0 Å². The summed E-state index contributed by atoms with van der Waals surface area (Å²) in [4.78, 5) is 11.0. The number of aliphatic imine (C=N–C) groups is 2. The van der Waals surface area contributed by atoms with Gasteiger partial charge in [0.15, 0.2) is 5.84 Å². The number of para-hydroxylation sites is 2. The van der Waals surface area contributed by atoms with Crippen LogP contribution in [-0.4, -0.2) is 11.7 Å². The van der Waals surface area contributed by atoms with Crippen LogP contribution in [0.2, 0.25) is 0 Å². The van der Waals surface area contributed by atoms with E-state index in [1.807, 2.05) is 35.6 Å². The molecule has 1 unspecified atom stereocenters. The van der Waals surface area contributed by atoms with Gasteiger partial charge in [-0.1, -0.05) is 121 Å². The predicted octanol–water partition coefficient (Wildman–Crippen LogP) is 14.3. The molecule has 0 aliphatic carbocycles. The quantitative estimate of drug-likeness (QED) is 0.181. The van der Waals surface area contributed by atoms with E-state index in [2.05, 4.69) is 157 Å². The van der Waals surface area contributed by atoms with Crippen molar-refractivity contribution in [3.8, 4) is 11.1 Å². The average molecular weight is 774 g/mol. The molecule has 0 amide bonds. The Morgan fingerprint density at radius 2 is 1.14 bits per heavy atom. The van der Waals surface area contributed by atoms with Crippen LogP contribution in [0.5, 0.6) is 0 Å². The second-order valence-corrected chi connectivity index (χ2v) is 16.4. The first-order chi connectivity index (χ1) is 29.2. The van der Waals surface area contributed by atoms with Gasteiger partial charge in [0, 0.05) is 52.8 Å². The van der Waals surface area contributed by atoms with Crippen LogP contribution < -0.4 is 5.32 Å². The van der Waals surface area contributed by atoms with Crippen molar-refractivity contribution in [1.29, 1.82) is 0 Å². The van der Waals surface area contributed by atoms with Crippen LogP contribution in [0.3, 0.4) is 0 Å². The molecule has 0 fully saturated rings. The number of amidine groups is 2. The molecule has 9 aromatic carbocycles. The fourth-order valence-electron chi connectivity index (χ4n) is 9.15. The third-order valence-electron chi connectivity index (χ3n) is 11.9. The van der Waals surface area contributed by atoms with Gasteiger partial charge in [0.2, 0.25) is 0 Å². The molecule has 4 heterocycles. The number of hydrogen-bond acceptors (Lipinski definition) is 6. The maximum absolute atomic E-state index is 6.69. The summed E-state index contributed by atoms with van der Waals surface area (Å²) in [5.41, 5.74) is 8.46. The number of fused-ring (bicyclic) bond motifs is 12. The van der Waals surface area contributed by atoms with Crippen molar-refractivity contribution in [2.45, 2.75) is 6.17 Å². The summed E-state index contributed by atoms with van der Waals surface area (Å²) in [7, 11) is 0. The minimum Gasteiger partial charge on any atom is -0.456 e. The van der Waals surface area contributed by atoms with Gasteiger partial charge in [0.05, 0.1) is 0 Å². The summed E-state index contributed by atoms with van der Waals surface area (Å²) in [6, 6.07) is 62.1. The maximum Gasteiger partial charge on any atom is 0.160 e. The smallest absolute Gasteiger partial charge is 0.160 e. The molecule has 0 saturated carbocycles. The van der Waals surface area contributed by atoms with Crippen LogP contribution in [0.1, 0.15) is 22.9 Å². The van der Waals surface area contributed by atoms with Crippen molar-refractivity contribution in [1.82, 2.24) is 5.32 Å². The summed E-state index contributed by atoms with van der Waals surface area (Å²) >= 11 is 1.83. The molecule has 1 aliphatic heterocycles. The largest absolute Gasteiger partial charge is 0.456 e. The molecule has 276 valence electrons. The van der Waals surface area contributed by atoms with E-state index >= 15 is 0 Å². The first-order valence-corrected chi connectivity index (χ1v) is 20.6. The number of benzene rings is 9. The van der Waals surface area contributed by atoms with Crippen LogP contribution in [-0.2, 0) is 0 Å². The van der Waals surface area contributed by atoms with Gasteiger partial charge in [-0.15, -0.1) is 11.3 Å².